The highest BCUT2D eigenvalue weighted by molar-refractivity contribution is 7.90. The van der Waals surface area contributed by atoms with Gasteiger partial charge in [0.25, 0.3) is 0 Å². The molecule has 0 saturated carbocycles. The molecular weight excluding hydrogens is 827 g/mol. The van der Waals surface area contributed by atoms with Crippen LogP contribution in [0.2, 0.25) is 0 Å². The number of nitrogens with one attached hydrogen (secondary N) is 5. The first-order valence-electron chi connectivity index (χ1n) is 22.1. The van der Waals surface area contributed by atoms with E-state index in [1.165, 1.54) is 51.3 Å². The normalized spacial score (nSPS) is 11.9. The van der Waals surface area contributed by atoms with Crippen molar-refractivity contribution in [2.75, 3.05) is 45.3 Å². The van der Waals surface area contributed by atoms with Crippen LogP contribution in [-0.4, -0.2) is 125 Å². The lowest BCUT2D eigenvalue weighted by Gasteiger charge is -2.15. The van der Waals surface area contributed by atoms with Gasteiger partial charge in [-0.2, -0.15) is 5.21 Å². The first-order valence-corrected chi connectivity index (χ1v) is 23.8. The van der Waals surface area contributed by atoms with E-state index >= 15 is 0 Å². The number of aliphatic carboxylic acids is 1. The molecule has 0 aromatic carbocycles. The monoisotopic (exact) mass is 895 g/mol. The number of sulfonamides is 1. The minimum absolute atomic E-state index is 0.0402. The van der Waals surface area contributed by atoms with Gasteiger partial charge in [0.15, 0.2) is 5.82 Å². The number of nitrogens with zero attached hydrogens (tertiary/aromatic N) is 4. The highest BCUT2D eigenvalue weighted by Gasteiger charge is 2.22. The molecule has 0 radical (unpaired) electrons. The first kappa shape index (κ1) is 53.5. The lowest BCUT2D eigenvalue weighted by molar-refractivity contribution is -0.139. The lowest BCUT2D eigenvalue weighted by atomic mass is 9.88. The van der Waals surface area contributed by atoms with Gasteiger partial charge in [0.05, 0.1) is 32.6 Å². The molecule has 0 aliphatic carbocycles. The van der Waals surface area contributed by atoms with Crippen molar-refractivity contribution in [2.45, 2.75) is 148 Å². The van der Waals surface area contributed by atoms with E-state index < -0.39 is 39.5 Å². The number of hydrogen-bond donors (Lipinski definition) is 6. The number of H-pyrrole nitrogens is 2. The summed E-state index contributed by atoms with van der Waals surface area (Å²) < 4.78 is 37.1. The summed E-state index contributed by atoms with van der Waals surface area (Å²) in [7, 11) is -4.12. The Morgan fingerprint density at radius 1 is 0.694 bits per heavy atom. The van der Waals surface area contributed by atoms with Crippen LogP contribution in [0.5, 0.6) is 0 Å². The number of hydrogen-bond acceptors (Lipinski definition) is 14. The van der Waals surface area contributed by atoms with E-state index in [9.17, 15) is 37.2 Å². The number of imidazole rings is 1. The summed E-state index contributed by atoms with van der Waals surface area (Å²) >= 11 is 0. The maximum absolute atomic E-state index is 12.7. The zero-order valence-corrected chi connectivity index (χ0v) is 37.0. The van der Waals surface area contributed by atoms with Gasteiger partial charge in [-0.1, -0.05) is 82.3 Å². The molecule has 2 aromatic rings. The molecule has 0 spiro atoms. The van der Waals surface area contributed by atoms with E-state index in [2.05, 4.69) is 41.2 Å². The summed E-state index contributed by atoms with van der Waals surface area (Å²) in [6, 6.07) is 0. The summed E-state index contributed by atoms with van der Waals surface area (Å²) in [5.41, 5.74) is 0.814. The Bertz CT molecular complexity index is 1660. The molecule has 0 unspecified atom stereocenters. The highest BCUT2D eigenvalue weighted by Crippen LogP contribution is 2.19. The fourth-order valence-corrected chi connectivity index (χ4v) is 7.58. The number of aryl methyl sites for hydroxylation is 2. The van der Waals surface area contributed by atoms with E-state index in [1.54, 1.807) is 6.20 Å². The highest BCUT2D eigenvalue weighted by atomic mass is 32.2. The predicted molar refractivity (Wildman–Crippen MR) is 228 cm³/mol. The SMILES string of the molecule is O=C(O)CCC(=O)[C@@H](CCCCNC(=O)COCCOCCNC(=O)CS(=O)(=O)NC(=O)CCCCCCCCCCCCCCCc1nn[nH]n1)CC(=O)CCc1cnc[nH]1. The Morgan fingerprint density at radius 2 is 1.35 bits per heavy atom. The number of Topliss-reactive ketones (excluding diaryl/α,β-unsaturated/α-hetero) is 2. The Hall–Kier alpha value is -4.63. The smallest absolute Gasteiger partial charge is 0.303 e. The molecule has 0 aliphatic rings. The van der Waals surface area contributed by atoms with Crippen LogP contribution in [0.3, 0.4) is 0 Å². The van der Waals surface area contributed by atoms with Crippen LogP contribution in [0, 0.1) is 5.92 Å². The fraction of sp³-hybridized carbons (Fsp3) is 0.756. The number of carbonyl (C=O) groups is 6. The average molecular weight is 896 g/mol. The van der Waals surface area contributed by atoms with Gasteiger partial charge in [0, 0.05) is 63.0 Å². The summed E-state index contributed by atoms with van der Waals surface area (Å²) in [4.78, 5) is 79.3. The van der Waals surface area contributed by atoms with Crippen molar-refractivity contribution in [3.63, 3.8) is 0 Å². The zero-order chi connectivity index (χ0) is 45.1. The first-order chi connectivity index (χ1) is 29.9. The second-order valence-corrected chi connectivity index (χ2v) is 17.2. The van der Waals surface area contributed by atoms with Crippen LogP contribution in [0.25, 0.3) is 0 Å². The third-order valence-electron chi connectivity index (χ3n) is 10.0. The third kappa shape index (κ3) is 29.6. The van der Waals surface area contributed by atoms with Crippen molar-refractivity contribution in [3.8, 4) is 0 Å². The molecule has 21 heteroatoms. The zero-order valence-electron chi connectivity index (χ0n) is 36.2. The van der Waals surface area contributed by atoms with Gasteiger partial charge in [-0.05, 0) is 32.1 Å². The van der Waals surface area contributed by atoms with Crippen molar-refractivity contribution in [1.82, 2.24) is 45.9 Å². The fourth-order valence-electron chi connectivity index (χ4n) is 6.61. The van der Waals surface area contributed by atoms with E-state index in [1.807, 2.05) is 4.72 Å². The van der Waals surface area contributed by atoms with Gasteiger partial charge in [-0.15, -0.1) is 10.2 Å². The van der Waals surface area contributed by atoms with Crippen molar-refractivity contribution < 1.29 is 51.8 Å². The molecule has 0 bridgehead atoms. The number of carboxylic acids is 1. The molecule has 20 nitrogen and oxygen atoms in total. The topological polar surface area (TPSA) is 294 Å². The van der Waals surface area contributed by atoms with E-state index in [4.69, 9.17) is 14.6 Å². The number of carboxylic acid groups (broad SMARTS) is 1. The van der Waals surface area contributed by atoms with Gasteiger partial charge >= 0.3 is 5.97 Å². The van der Waals surface area contributed by atoms with Crippen molar-refractivity contribution in [2.24, 2.45) is 5.92 Å². The molecule has 2 heterocycles. The molecule has 62 heavy (non-hydrogen) atoms. The molecule has 0 aliphatic heterocycles. The van der Waals surface area contributed by atoms with Crippen LogP contribution in [0.4, 0.5) is 0 Å². The molecular formula is C41H69N9O11S. The summed E-state index contributed by atoms with van der Waals surface area (Å²) in [6.07, 6.45) is 20.2. The quantitative estimate of drug-likeness (QED) is 0.0521. The van der Waals surface area contributed by atoms with Crippen LogP contribution < -0.4 is 15.4 Å². The Labute approximate surface area is 365 Å². The Morgan fingerprint density at radius 3 is 2.00 bits per heavy atom. The molecule has 3 amide bonds. The number of aromatic amines is 2. The Kier molecular flexibility index (Phi) is 29.3. The second kappa shape index (κ2) is 33.9. The molecule has 0 fully saturated rings. The molecule has 350 valence electrons. The van der Waals surface area contributed by atoms with Crippen molar-refractivity contribution in [1.29, 1.82) is 0 Å². The number of amides is 3. The molecule has 1 atom stereocenters. The maximum atomic E-state index is 12.7. The minimum atomic E-state index is -4.12. The third-order valence-corrected chi connectivity index (χ3v) is 11.2. The van der Waals surface area contributed by atoms with Gasteiger partial charge in [0.1, 0.15) is 23.9 Å². The van der Waals surface area contributed by atoms with Crippen molar-refractivity contribution >= 4 is 45.3 Å². The predicted octanol–water partition coefficient (Wildman–Crippen LogP) is 3.45. The summed E-state index contributed by atoms with van der Waals surface area (Å²) in [5, 5.41) is 28.1. The number of ether oxygens (including phenoxy) is 2. The number of ketones is 2. The number of unbranched alkanes of at least 4 members (excludes halogenated alkanes) is 13. The van der Waals surface area contributed by atoms with Gasteiger partial charge in [-0.3, -0.25) is 33.5 Å². The van der Waals surface area contributed by atoms with Crippen LogP contribution >= 0.6 is 0 Å². The molecule has 0 saturated heterocycles. The maximum Gasteiger partial charge on any atom is 0.303 e. The molecule has 2 aromatic heterocycles. The van der Waals surface area contributed by atoms with Crippen LogP contribution in [0.1, 0.15) is 146 Å². The average Bonchev–Trinajstić information content (AvgIpc) is 3.96. The standard InChI is InChI=1S/C41H69N9O11S/c51-35(20-19-34-29-42-32-45-34)28-33(36(52)21-22-41(56)57)16-14-15-23-43-39(54)30-61-27-26-60-25-24-44-40(55)31-62(58,59)48-38(53)18-13-11-9-7-5-3-1-2-4-6-8-10-12-17-37-46-49-50-47-37/h29,32-33H,1-28,30-31H2,(H,42,45)(H,43,54)(H,44,55)(H,48,53)(H,56,57)(H,46,47,49,50)/t33-/m0/s1. The second-order valence-electron chi connectivity index (χ2n) is 15.4. The van der Waals surface area contributed by atoms with E-state index in [0.29, 0.717) is 38.6 Å². The molecule has 2 rings (SSSR count). The number of carbonyl (C=O) groups excluding carboxylic acids is 5. The van der Waals surface area contributed by atoms with Gasteiger partial charge < -0.3 is 30.2 Å². The minimum Gasteiger partial charge on any atom is -0.481 e. The summed E-state index contributed by atoms with van der Waals surface area (Å²) in [6.45, 7) is 0.465. The number of rotatable bonds is 41. The van der Waals surface area contributed by atoms with Gasteiger partial charge in [0.2, 0.25) is 27.7 Å². The van der Waals surface area contributed by atoms with Crippen LogP contribution in [0.15, 0.2) is 12.5 Å². The van der Waals surface area contributed by atoms with Crippen molar-refractivity contribution in [3.05, 3.63) is 24.0 Å². The molecule has 6 N–H and O–H groups in total. The van der Waals surface area contributed by atoms with Crippen LogP contribution in [-0.2, 0) is 61.1 Å². The number of tetrazole rings is 1. The largest absolute Gasteiger partial charge is 0.481 e. The van der Waals surface area contributed by atoms with Gasteiger partial charge in [-0.25, -0.2) is 13.4 Å². The lowest BCUT2D eigenvalue weighted by Crippen LogP contribution is -2.39. The number of aromatic nitrogens is 6. The van der Waals surface area contributed by atoms with E-state index in [0.717, 1.165) is 50.0 Å². The summed E-state index contributed by atoms with van der Waals surface area (Å²) in [5.74, 6) is -3.84. The van der Waals surface area contributed by atoms with E-state index in [-0.39, 0.29) is 82.6 Å². The Balaban J connectivity index is 1.39.